The fourth-order valence-electron chi connectivity index (χ4n) is 3.55. The van der Waals surface area contributed by atoms with Gasteiger partial charge in [-0.3, -0.25) is 4.79 Å². The van der Waals surface area contributed by atoms with Crippen LogP contribution >= 0.6 is 11.6 Å². The molecule has 1 unspecified atom stereocenters. The molecule has 4 nitrogen and oxygen atoms in total. The Bertz CT molecular complexity index is 879. The van der Waals surface area contributed by atoms with Crippen molar-refractivity contribution in [2.75, 3.05) is 13.7 Å². The zero-order valence-corrected chi connectivity index (χ0v) is 16.1. The van der Waals surface area contributed by atoms with Crippen molar-refractivity contribution < 1.29 is 14.6 Å². The molecule has 2 aromatic carbocycles. The SMILES string of the molecule is COCC1(C)NC(=O)C(c2c(C)cc(-c3ccc(Cl)cc3)cc2C)=C1O. The van der Waals surface area contributed by atoms with Crippen LogP contribution in [0.4, 0.5) is 0 Å². The molecule has 0 aliphatic carbocycles. The molecule has 0 saturated heterocycles. The van der Waals surface area contributed by atoms with Gasteiger partial charge in [0.25, 0.3) is 5.91 Å². The van der Waals surface area contributed by atoms with Gasteiger partial charge in [0.15, 0.2) is 0 Å². The molecule has 26 heavy (non-hydrogen) atoms. The molecule has 5 heteroatoms. The Labute approximate surface area is 158 Å². The minimum Gasteiger partial charge on any atom is -0.509 e. The highest BCUT2D eigenvalue weighted by molar-refractivity contribution is 6.30. The van der Waals surface area contributed by atoms with Crippen LogP contribution in [0.3, 0.4) is 0 Å². The Hall–Kier alpha value is -2.30. The second-order valence-corrected chi connectivity index (χ2v) is 7.37. The summed E-state index contributed by atoms with van der Waals surface area (Å²) in [6, 6.07) is 11.7. The average molecular weight is 372 g/mol. The minimum atomic E-state index is -0.908. The van der Waals surface area contributed by atoms with Crippen molar-refractivity contribution in [3.8, 4) is 11.1 Å². The molecule has 0 radical (unpaired) electrons. The van der Waals surface area contributed by atoms with E-state index in [0.29, 0.717) is 10.6 Å². The Morgan fingerprint density at radius 3 is 2.23 bits per heavy atom. The highest BCUT2D eigenvalue weighted by Crippen LogP contribution is 2.37. The van der Waals surface area contributed by atoms with E-state index in [4.69, 9.17) is 16.3 Å². The molecule has 2 N–H and O–H groups in total. The zero-order chi connectivity index (χ0) is 19.1. The van der Waals surface area contributed by atoms with Gasteiger partial charge in [-0.1, -0.05) is 35.9 Å². The quantitative estimate of drug-likeness (QED) is 0.835. The normalized spacial score (nSPS) is 19.8. The summed E-state index contributed by atoms with van der Waals surface area (Å²) >= 11 is 5.97. The number of carbonyl (C=O) groups is 1. The zero-order valence-electron chi connectivity index (χ0n) is 15.3. The Kier molecular flexibility index (Phi) is 4.82. The first-order chi connectivity index (χ1) is 12.3. The molecular weight excluding hydrogens is 350 g/mol. The lowest BCUT2D eigenvalue weighted by Crippen LogP contribution is -2.45. The molecule has 1 atom stereocenters. The fourth-order valence-corrected chi connectivity index (χ4v) is 3.67. The number of aryl methyl sites for hydroxylation is 2. The maximum Gasteiger partial charge on any atom is 0.256 e. The third-order valence-corrected chi connectivity index (χ3v) is 5.02. The van der Waals surface area contributed by atoms with Gasteiger partial charge in [0.1, 0.15) is 11.3 Å². The van der Waals surface area contributed by atoms with E-state index in [-0.39, 0.29) is 18.3 Å². The highest BCUT2D eigenvalue weighted by Gasteiger charge is 2.43. The number of nitrogens with one attached hydrogen (secondary N) is 1. The molecule has 1 aliphatic heterocycles. The first kappa shape index (κ1) is 18.5. The van der Waals surface area contributed by atoms with Crippen LogP contribution in [0, 0.1) is 13.8 Å². The number of aliphatic hydroxyl groups is 1. The second-order valence-electron chi connectivity index (χ2n) is 6.93. The average Bonchev–Trinajstić information content (AvgIpc) is 2.78. The number of halogens is 1. The third kappa shape index (κ3) is 3.11. The summed E-state index contributed by atoms with van der Waals surface area (Å²) in [7, 11) is 1.54. The number of hydrogen-bond donors (Lipinski definition) is 2. The molecule has 0 saturated carbocycles. The molecule has 3 rings (SSSR count). The number of methoxy groups -OCH3 is 1. The maximum atomic E-state index is 12.6. The van der Waals surface area contributed by atoms with Gasteiger partial charge in [-0.2, -0.15) is 0 Å². The lowest BCUT2D eigenvalue weighted by atomic mass is 9.89. The van der Waals surface area contributed by atoms with Crippen LogP contribution < -0.4 is 5.32 Å². The summed E-state index contributed by atoms with van der Waals surface area (Å²) in [4.78, 5) is 12.6. The summed E-state index contributed by atoms with van der Waals surface area (Å²) in [5.41, 5.74) is 4.11. The van der Waals surface area contributed by atoms with Gasteiger partial charge < -0.3 is 15.2 Å². The van der Waals surface area contributed by atoms with Gasteiger partial charge in [0.05, 0.1) is 12.2 Å². The van der Waals surface area contributed by atoms with E-state index in [2.05, 4.69) is 5.32 Å². The third-order valence-electron chi connectivity index (χ3n) is 4.77. The lowest BCUT2D eigenvalue weighted by molar-refractivity contribution is -0.116. The summed E-state index contributed by atoms with van der Waals surface area (Å²) in [6.45, 7) is 5.85. The molecule has 2 aromatic rings. The molecule has 0 bridgehead atoms. The van der Waals surface area contributed by atoms with Crippen molar-refractivity contribution in [2.24, 2.45) is 0 Å². The highest BCUT2D eigenvalue weighted by atomic mass is 35.5. The van der Waals surface area contributed by atoms with E-state index in [0.717, 1.165) is 27.8 Å². The predicted octanol–water partition coefficient (Wildman–Crippen LogP) is 4.43. The van der Waals surface area contributed by atoms with E-state index in [1.54, 1.807) is 14.0 Å². The first-order valence-corrected chi connectivity index (χ1v) is 8.77. The van der Waals surface area contributed by atoms with Gasteiger partial charge >= 0.3 is 0 Å². The van der Waals surface area contributed by atoms with E-state index < -0.39 is 5.54 Å². The van der Waals surface area contributed by atoms with Crippen LogP contribution in [0.2, 0.25) is 5.02 Å². The monoisotopic (exact) mass is 371 g/mol. The maximum absolute atomic E-state index is 12.6. The number of hydrogen-bond acceptors (Lipinski definition) is 3. The largest absolute Gasteiger partial charge is 0.509 e. The number of benzene rings is 2. The molecule has 0 fully saturated rings. The van der Waals surface area contributed by atoms with Gasteiger partial charge in [0, 0.05) is 12.1 Å². The standard InChI is InChI=1S/C21H22ClNO3/c1-12-9-15(14-5-7-16(22)8-6-14)10-13(2)17(12)18-19(24)21(3,11-26-4)23-20(18)25/h5-10,24H,11H2,1-4H3,(H,23,25). The molecule has 0 aromatic heterocycles. The van der Waals surface area contributed by atoms with E-state index in [1.165, 1.54) is 0 Å². The van der Waals surface area contributed by atoms with Crippen molar-refractivity contribution in [3.63, 3.8) is 0 Å². The molecule has 136 valence electrons. The van der Waals surface area contributed by atoms with Crippen molar-refractivity contribution in [1.82, 2.24) is 5.32 Å². The summed E-state index contributed by atoms with van der Waals surface area (Å²) < 4.78 is 5.16. The van der Waals surface area contributed by atoms with Crippen LogP contribution in [0.1, 0.15) is 23.6 Å². The smallest absolute Gasteiger partial charge is 0.256 e. The molecule has 0 spiro atoms. The van der Waals surface area contributed by atoms with Crippen LogP contribution in [0.5, 0.6) is 0 Å². The molecular formula is C21H22ClNO3. The van der Waals surface area contributed by atoms with Crippen molar-refractivity contribution >= 4 is 23.1 Å². The van der Waals surface area contributed by atoms with Gasteiger partial charge in [-0.05, 0) is 60.7 Å². The lowest BCUT2D eigenvalue weighted by Gasteiger charge is -2.23. The van der Waals surface area contributed by atoms with E-state index in [9.17, 15) is 9.90 Å². The molecule has 1 aliphatic rings. The van der Waals surface area contributed by atoms with E-state index in [1.807, 2.05) is 50.2 Å². The Balaban J connectivity index is 2.11. The van der Waals surface area contributed by atoms with Crippen LogP contribution in [0.25, 0.3) is 16.7 Å². The fraction of sp³-hybridized carbons (Fsp3) is 0.286. The Morgan fingerprint density at radius 1 is 1.12 bits per heavy atom. The van der Waals surface area contributed by atoms with Crippen molar-refractivity contribution in [3.05, 3.63) is 63.9 Å². The van der Waals surface area contributed by atoms with Crippen molar-refractivity contribution in [1.29, 1.82) is 0 Å². The summed E-state index contributed by atoms with van der Waals surface area (Å²) in [5, 5.41) is 14.3. The second kappa shape index (κ2) is 6.78. The number of carbonyl (C=O) groups excluding carboxylic acids is 1. The van der Waals surface area contributed by atoms with Gasteiger partial charge in [-0.15, -0.1) is 0 Å². The Morgan fingerprint density at radius 2 is 1.69 bits per heavy atom. The first-order valence-electron chi connectivity index (χ1n) is 8.39. The number of aliphatic hydroxyl groups excluding tert-OH is 1. The van der Waals surface area contributed by atoms with E-state index >= 15 is 0 Å². The van der Waals surface area contributed by atoms with Crippen LogP contribution in [0.15, 0.2) is 42.2 Å². The molecule has 1 heterocycles. The minimum absolute atomic E-state index is 0.0230. The number of amides is 1. The number of ether oxygens (including phenoxy) is 1. The topological polar surface area (TPSA) is 58.6 Å². The predicted molar refractivity (Wildman–Crippen MR) is 104 cm³/mol. The summed E-state index contributed by atoms with van der Waals surface area (Å²) in [6.07, 6.45) is 0. The number of rotatable bonds is 4. The molecule has 1 amide bonds. The van der Waals surface area contributed by atoms with Gasteiger partial charge in [-0.25, -0.2) is 0 Å². The van der Waals surface area contributed by atoms with Crippen molar-refractivity contribution in [2.45, 2.75) is 26.3 Å². The summed E-state index contributed by atoms with van der Waals surface area (Å²) in [5.74, 6) is -0.262. The van der Waals surface area contributed by atoms with Crippen LogP contribution in [-0.2, 0) is 9.53 Å². The van der Waals surface area contributed by atoms with Crippen LogP contribution in [-0.4, -0.2) is 30.3 Å². The van der Waals surface area contributed by atoms with Gasteiger partial charge in [0.2, 0.25) is 0 Å².